The van der Waals surface area contributed by atoms with Gasteiger partial charge in [-0.3, -0.25) is 9.59 Å². The molecule has 0 aromatic heterocycles. The molecule has 2 atom stereocenters. The molecular formula is C17H31N3O2S. The Morgan fingerprint density at radius 3 is 2.43 bits per heavy atom. The zero-order valence-corrected chi connectivity index (χ0v) is 15.9. The maximum Gasteiger partial charge on any atom is 0.229 e. The highest BCUT2D eigenvalue weighted by Crippen LogP contribution is 2.45. The summed E-state index contributed by atoms with van der Waals surface area (Å²) in [6.45, 7) is 12.5. The Morgan fingerprint density at radius 2 is 1.91 bits per heavy atom. The molecule has 6 heteroatoms. The molecule has 2 rings (SSSR count). The first-order chi connectivity index (χ1) is 10.6. The van der Waals surface area contributed by atoms with Crippen LogP contribution in [0.1, 0.15) is 41.0 Å². The number of likely N-dealkylation sites (tertiary alicyclic amines) is 1. The number of hydrogen-bond acceptors (Lipinski definition) is 4. The predicted octanol–water partition coefficient (Wildman–Crippen LogP) is 1.77. The van der Waals surface area contributed by atoms with Gasteiger partial charge in [0.2, 0.25) is 11.8 Å². The Bertz CT molecular complexity index is 475. The van der Waals surface area contributed by atoms with Crippen molar-refractivity contribution in [2.45, 2.75) is 45.9 Å². The maximum absolute atomic E-state index is 12.8. The lowest BCUT2D eigenvalue weighted by molar-refractivity contribution is -0.143. The normalized spacial score (nSPS) is 26.4. The van der Waals surface area contributed by atoms with E-state index < -0.39 is 0 Å². The highest BCUT2D eigenvalue weighted by atomic mass is 32.2. The molecule has 2 aliphatic heterocycles. The molecule has 132 valence electrons. The van der Waals surface area contributed by atoms with Crippen molar-refractivity contribution in [3.8, 4) is 0 Å². The van der Waals surface area contributed by atoms with Crippen molar-refractivity contribution in [3.05, 3.63) is 0 Å². The van der Waals surface area contributed by atoms with Gasteiger partial charge in [0, 0.05) is 30.8 Å². The molecule has 2 heterocycles. The number of nitrogens with two attached hydrogens (primary N) is 1. The third-order valence-electron chi connectivity index (χ3n) is 4.96. The minimum atomic E-state index is -0.382. The fourth-order valence-electron chi connectivity index (χ4n) is 3.48. The largest absolute Gasteiger partial charge is 0.339 e. The molecule has 1 spiro atoms. The molecule has 2 fully saturated rings. The van der Waals surface area contributed by atoms with E-state index in [0.29, 0.717) is 13.1 Å². The molecule has 2 N–H and O–H groups in total. The Hall–Kier alpha value is -0.750. The summed E-state index contributed by atoms with van der Waals surface area (Å²) in [5, 5.41) is 0. The number of rotatable bonds is 3. The molecule has 0 aromatic carbocycles. The van der Waals surface area contributed by atoms with Crippen LogP contribution < -0.4 is 5.73 Å². The van der Waals surface area contributed by atoms with Crippen LogP contribution >= 0.6 is 11.8 Å². The third kappa shape index (κ3) is 3.53. The first kappa shape index (κ1) is 18.6. The maximum atomic E-state index is 12.8. The summed E-state index contributed by atoms with van der Waals surface area (Å²) >= 11 is 1.83. The molecule has 0 bridgehead atoms. The molecule has 0 radical (unpaired) electrons. The Balaban J connectivity index is 2.14. The molecule has 2 amide bonds. The van der Waals surface area contributed by atoms with E-state index in [-0.39, 0.29) is 33.9 Å². The molecule has 2 saturated heterocycles. The van der Waals surface area contributed by atoms with Crippen molar-refractivity contribution in [2.24, 2.45) is 23.0 Å². The lowest BCUT2D eigenvalue weighted by Crippen LogP contribution is -2.52. The van der Waals surface area contributed by atoms with E-state index in [2.05, 4.69) is 0 Å². The molecule has 0 aliphatic carbocycles. The molecule has 0 saturated carbocycles. The number of hydrogen-bond donors (Lipinski definition) is 1. The van der Waals surface area contributed by atoms with Gasteiger partial charge >= 0.3 is 0 Å². The van der Waals surface area contributed by atoms with Crippen LogP contribution in [0.15, 0.2) is 0 Å². The quantitative estimate of drug-likeness (QED) is 0.849. The Labute approximate surface area is 144 Å². The number of carbonyl (C=O) groups excluding carboxylic acids is 2. The van der Waals surface area contributed by atoms with Gasteiger partial charge in [-0.1, -0.05) is 34.6 Å². The van der Waals surface area contributed by atoms with Crippen LogP contribution in [0.3, 0.4) is 0 Å². The van der Waals surface area contributed by atoms with E-state index in [1.807, 2.05) is 56.2 Å². The van der Waals surface area contributed by atoms with Crippen molar-refractivity contribution in [1.82, 2.24) is 9.80 Å². The zero-order valence-electron chi connectivity index (χ0n) is 15.1. The number of nitrogens with zero attached hydrogens (tertiary/aromatic N) is 2. The minimum Gasteiger partial charge on any atom is -0.339 e. The summed E-state index contributed by atoms with van der Waals surface area (Å²) in [7, 11) is 0. The molecule has 0 aromatic rings. The lowest BCUT2D eigenvalue weighted by atomic mass is 9.93. The highest BCUT2D eigenvalue weighted by Gasteiger charge is 2.52. The van der Waals surface area contributed by atoms with E-state index in [0.717, 1.165) is 25.3 Å². The van der Waals surface area contributed by atoms with Crippen molar-refractivity contribution < 1.29 is 9.59 Å². The first-order valence-electron chi connectivity index (χ1n) is 8.57. The Kier molecular flexibility index (Phi) is 5.36. The Morgan fingerprint density at radius 1 is 1.26 bits per heavy atom. The molecule has 5 nitrogen and oxygen atoms in total. The van der Waals surface area contributed by atoms with Crippen LogP contribution in [0.2, 0.25) is 0 Å². The predicted molar refractivity (Wildman–Crippen MR) is 94.9 cm³/mol. The van der Waals surface area contributed by atoms with E-state index >= 15 is 0 Å². The number of carbonyl (C=O) groups is 2. The standard InChI is InChI=1S/C17H31N3O2S/c1-12(2)13(10-18)14(21)19-7-6-17(11-19)20(8-9-23-17)15(22)16(3,4)5/h12-13H,6-11,18H2,1-5H3/t13-,17?/m0/s1. The van der Waals surface area contributed by atoms with Gasteiger partial charge < -0.3 is 15.5 Å². The minimum absolute atomic E-state index is 0.122. The lowest BCUT2D eigenvalue weighted by Gasteiger charge is -2.38. The van der Waals surface area contributed by atoms with Crippen molar-refractivity contribution >= 4 is 23.6 Å². The average molecular weight is 342 g/mol. The smallest absolute Gasteiger partial charge is 0.229 e. The van der Waals surface area contributed by atoms with Gasteiger partial charge in [-0.15, -0.1) is 11.8 Å². The second-order valence-electron chi connectivity index (χ2n) is 8.10. The van der Waals surface area contributed by atoms with Crippen LogP contribution in [0.4, 0.5) is 0 Å². The van der Waals surface area contributed by atoms with E-state index in [1.54, 1.807) is 0 Å². The summed E-state index contributed by atoms with van der Waals surface area (Å²) < 4.78 is 0. The molecule has 2 aliphatic rings. The van der Waals surface area contributed by atoms with Gasteiger partial charge in [0.25, 0.3) is 0 Å². The van der Waals surface area contributed by atoms with Crippen LogP contribution in [0, 0.1) is 17.3 Å². The van der Waals surface area contributed by atoms with Gasteiger partial charge in [0.15, 0.2) is 0 Å². The van der Waals surface area contributed by atoms with Crippen molar-refractivity contribution in [2.75, 3.05) is 31.9 Å². The summed E-state index contributed by atoms with van der Waals surface area (Å²) in [5.74, 6) is 1.41. The van der Waals surface area contributed by atoms with Crippen LogP contribution in [-0.4, -0.2) is 58.4 Å². The molecule has 1 unspecified atom stereocenters. The molecule has 23 heavy (non-hydrogen) atoms. The van der Waals surface area contributed by atoms with Gasteiger partial charge in [0.05, 0.1) is 12.5 Å². The number of amides is 2. The SMILES string of the molecule is CC(C)[C@H](CN)C(=O)N1CCC2(C1)SCCN2C(=O)C(C)(C)C. The first-order valence-corrected chi connectivity index (χ1v) is 9.56. The number of thioether (sulfide) groups is 1. The summed E-state index contributed by atoms with van der Waals surface area (Å²) in [5.41, 5.74) is 5.42. The zero-order chi connectivity index (χ0) is 17.4. The van der Waals surface area contributed by atoms with Gasteiger partial charge in [-0.2, -0.15) is 0 Å². The van der Waals surface area contributed by atoms with Gasteiger partial charge in [-0.25, -0.2) is 0 Å². The van der Waals surface area contributed by atoms with Crippen molar-refractivity contribution in [1.29, 1.82) is 0 Å². The second kappa shape index (κ2) is 6.63. The van der Waals surface area contributed by atoms with E-state index in [4.69, 9.17) is 5.73 Å². The average Bonchev–Trinajstić information content (AvgIpc) is 3.05. The third-order valence-corrected chi connectivity index (χ3v) is 6.44. The van der Waals surface area contributed by atoms with Crippen LogP contribution in [-0.2, 0) is 9.59 Å². The van der Waals surface area contributed by atoms with Crippen molar-refractivity contribution in [3.63, 3.8) is 0 Å². The topological polar surface area (TPSA) is 66.6 Å². The van der Waals surface area contributed by atoms with Gasteiger partial charge in [0.1, 0.15) is 4.87 Å². The summed E-state index contributed by atoms with van der Waals surface area (Å²) in [4.78, 5) is 29.3. The monoisotopic (exact) mass is 341 g/mol. The highest BCUT2D eigenvalue weighted by molar-refractivity contribution is 8.00. The fraction of sp³-hybridized carbons (Fsp3) is 0.882. The fourth-order valence-corrected chi connectivity index (χ4v) is 4.95. The summed E-state index contributed by atoms with van der Waals surface area (Å²) in [6.07, 6.45) is 0.862. The van der Waals surface area contributed by atoms with Crippen LogP contribution in [0.5, 0.6) is 0 Å². The van der Waals surface area contributed by atoms with E-state index in [1.165, 1.54) is 0 Å². The van der Waals surface area contributed by atoms with Gasteiger partial charge in [-0.05, 0) is 12.3 Å². The molecular weight excluding hydrogens is 310 g/mol. The second-order valence-corrected chi connectivity index (χ2v) is 9.55. The van der Waals surface area contributed by atoms with Crippen LogP contribution in [0.25, 0.3) is 0 Å². The van der Waals surface area contributed by atoms with E-state index in [9.17, 15) is 9.59 Å². The summed E-state index contributed by atoms with van der Waals surface area (Å²) in [6, 6.07) is 0.